The molecule has 2 saturated carbocycles. The minimum Gasteiger partial charge on any atom is -0.348 e. The van der Waals surface area contributed by atoms with Crippen LogP contribution in [-0.2, 0) is 6.54 Å². The van der Waals surface area contributed by atoms with Gasteiger partial charge in [0.2, 0.25) is 0 Å². The maximum Gasteiger partial charge on any atom is 0.254 e. The Morgan fingerprint density at radius 1 is 0.897 bits per heavy atom. The van der Waals surface area contributed by atoms with E-state index >= 15 is 0 Å². The van der Waals surface area contributed by atoms with Crippen molar-refractivity contribution >= 4 is 5.91 Å². The van der Waals surface area contributed by atoms with Gasteiger partial charge in [-0.15, -0.1) is 0 Å². The van der Waals surface area contributed by atoms with Crippen LogP contribution in [0.15, 0.2) is 49.1 Å². The van der Waals surface area contributed by atoms with Gasteiger partial charge in [0.25, 0.3) is 5.91 Å². The van der Waals surface area contributed by atoms with Crippen LogP contribution in [0.5, 0.6) is 0 Å². The third kappa shape index (κ3) is 3.78. The van der Waals surface area contributed by atoms with Crippen LogP contribution in [0.1, 0.15) is 67.3 Å². The number of hydrogen-bond acceptors (Lipinski definition) is 3. The van der Waals surface area contributed by atoms with Crippen LogP contribution >= 0.6 is 0 Å². The standard InChI is InChI=1S/C24H28N4O/c29-24(28(21-7-4-8-21)20-5-2-1-3-6-20)19-11-9-18(10-12-19)15-27-14-13-22-23(16-27)26-17-25-22/h9-14,16-17,20-21H,1-8,15H2. The first-order chi connectivity index (χ1) is 14.3. The Bertz CT molecular complexity index is 938. The Balaban J connectivity index is 1.31. The van der Waals surface area contributed by atoms with Gasteiger partial charge in [-0.05, 0) is 55.9 Å². The van der Waals surface area contributed by atoms with Crippen LogP contribution in [0.4, 0.5) is 0 Å². The molecule has 0 unspecified atom stereocenters. The van der Waals surface area contributed by atoms with Crippen LogP contribution in [0.3, 0.4) is 0 Å². The molecule has 4 aliphatic rings. The van der Waals surface area contributed by atoms with Crippen LogP contribution in [-0.4, -0.2) is 37.4 Å². The fraction of sp³-hybridized carbons (Fsp3) is 0.458. The summed E-state index contributed by atoms with van der Waals surface area (Å²) in [6, 6.07) is 11.1. The van der Waals surface area contributed by atoms with E-state index in [0.717, 1.165) is 23.5 Å². The molecule has 0 spiro atoms. The van der Waals surface area contributed by atoms with Crippen LogP contribution < -0.4 is 0 Å². The van der Waals surface area contributed by atoms with E-state index < -0.39 is 0 Å². The maximum atomic E-state index is 13.4. The molecule has 0 bridgehead atoms. The summed E-state index contributed by atoms with van der Waals surface area (Å²) >= 11 is 0. The van der Waals surface area contributed by atoms with E-state index in [-0.39, 0.29) is 5.91 Å². The zero-order valence-electron chi connectivity index (χ0n) is 16.8. The van der Waals surface area contributed by atoms with Gasteiger partial charge in [-0.25, -0.2) is 9.97 Å². The highest BCUT2D eigenvalue weighted by Gasteiger charge is 2.35. The average molecular weight is 389 g/mol. The van der Waals surface area contributed by atoms with Gasteiger partial charge in [0.15, 0.2) is 0 Å². The summed E-state index contributed by atoms with van der Waals surface area (Å²) < 4.78 is 2.11. The van der Waals surface area contributed by atoms with Crippen molar-refractivity contribution in [2.24, 2.45) is 0 Å². The Hall–Kier alpha value is -2.69. The second-order valence-corrected chi connectivity index (χ2v) is 8.55. The molecule has 1 amide bonds. The molecule has 1 aromatic carbocycles. The fourth-order valence-electron chi connectivity index (χ4n) is 4.74. The summed E-state index contributed by atoms with van der Waals surface area (Å²) in [5.41, 5.74) is 3.83. The highest BCUT2D eigenvalue weighted by molar-refractivity contribution is 5.94. The van der Waals surface area contributed by atoms with Gasteiger partial charge in [0.1, 0.15) is 12.0 Å². The number of aromatic nitrogens is 3. The lowest BCUT2D eigenvalue weighted by molar-refractivity contribution is 0.0370. The summed E-state index contributed by atoms with van der Waals surface area (Å²) in [5, 5.41) is 0. The zero-order valence-corrected chi connectivity index (χ0v) is 16.8. The van der Waals surface area contributed by atoms with Crippen molar-refractivity contribution in [3.63, 3.8) is 0 Å². The normalized spacial score (nSPS) is 17.9. The van der Waals surface area contributed by atoms with Crippen LogP contribution in [0.25, 0.3) is 11.4 Å². The molecule has 5 nitrogen and oxygen atoms in total. The van der Waals surface area contributed by atoms with E-state index in [2.05, 4.69) is 31.6 Å². The molecule has 5 heteroatoms. The minimum atomic E-state index is 0.231. The molecular formula is C24H28N4O. The van der Waals surface area contributed by atoms with Gasteiger partial charge >= 0.3 is 0 Å². The Morgan fingerprint density at radius 2 is 1.59 bits per heavy atom. The number of imidazole rings is 1. The number of carbonyl (C=O) groups excluding carboxylic acids is 1. The maximum absolute atomic E-state index is 13.4. The van der Waals surface area contributed by atoms with Crippen molar-refractivity contribution < 1.29 is 4.79 Å². The Labute approximate surface area is 172 Å². The number of benzene rings is 1. The number of pyridine rings is 1. The molecule has 0 N–H and O–H groups in total. The molecule has 0 atom stereocenters. The molecule has 29 heavy (non-hydrogen) atoms. The number of carbonyl (C=O) groups is 1. The first-order valence-electron chi connectivity index (χ1n) is 11.0. The number of hydrogen-bond donors (Lipinski definition) is 0. The van der Waals surface area contributed by atoms with E-state index in [1.165, 1.54) is 56.9 Å². The lowest BCUT2D eigenvalue weighted by atomic mass is 9.86. The first kappa shape index (κ1) is 18.3. The quantitative estimate of drug-likeness (QED) is 0.633. The highest BCUT2D eigenvalue weighted by atomic mass is 16.2. The van der Waals surface area contributed by atoms with Gasteiger partial charge in [0, 0.05) is 36.6 Å². The number of amides is 1. The summed E-state index contributed by atoms with van der Waals surface area (Å²) in [6.07, 6.45) is 15.4. The lowest BCUT2D eigenvalue weighted by Crippen LogP contribution is -2.50. The molecule has 2 fully saturated rings. The van der Waals surface area contributed by atoms with Crippen molar-refractivity contribution in [1.29, 1.82) is 0 Å². The largest absolute Gasteiger partial charge is 0.348 e. The molecule has 0 saturated heterocycles. The molecule has 5 rings (SSSR count). The first-order valence-corrected chi connectivity index (χ1v) is 11.0. The smallest absolute Gasteiger partial charge is 0.254 e. The molecule has 2 aliphatic heterocycles. The van der Waals surface area contributed by atoms with Crippen molar-refractivity contribution in [2.75, 3.05) is 0 Å². The molecule has 2 aliphatic carbocycles. The van der Waals surface area contributed by atoms with Gasteiger partial charge in [0.05, 0.1) is 5.69 Å². The van der Waals surface area contributed by atoms with Crippen molar-refractivity contribution in [3.05, 3.63) is 60.2 Å². The second-order valence-electron chi connectivity index (χ2n) is 8.55. The molecule has 150 valence electrons. The molecule has 1 aromatic rings. The van der Waals surface area contributed by atoms with Gasteiger partial charge in [-0.3, -0.25) is 4.79 Å². The molecular weight excluding hydrogens is 360 g/mol. The average Bonchev–Trinajstić information content (AvgIpc) is 3.19. The lowest BCUT2D eigenvalue weighted by Gasteiger charge is -2.44. The summed E-state index contributed by atoms with van der Waals surface area (Å²) in [5.74, 6) is 0.231. The molecule has 0 radical (unpaired) electrons. The Kier molecular flexibility index (Phi) is 5.04. The van der Waals surface area contributed by atoms with E-state index in [4.69, 9.17) is 0 Å². The summed E-state index contributed by atoms with van der Waals surface area (Å²) in [6.45, 7) is 0.756. The summed E-state index contributed by atoms with van der Waals surface area (Å²) in [7, 11) is 0. The van der Waals surface area contributed by atoms with E-state index in [0.29, 0.717) is 12.1 Å². The number of fused-ring (bicyclic) bond motifs is 1. The topological polar surface area (TPSA) is 51.0 Å². The number of nitrogens with zero attached hydrogens (tertiary/aromatic N) is 4. The summed E-state index contributed by atoms with van der Waals surface area (Å²) in [4.78, 5) is 24.1. The van der Waals surface area contributed by atoms with Crippen molar-refractivity contribution in [1.82, 2.24) is 19.4 Å². The van der Waals surface area contributed by atoms with Crippen molar-refractivity contribution in [2.45, 2.75) is 70.0 Å². The predicted molar refractivity (Wildman–Crippen MR) is 113 cm³/mol. The second kappa shape index (κ2) is 7.97. The highest BCUT2D eigenvalue weighted by Crippen LogP contribution is 2.33. The molecule has 2 heterocycles. The van der Waals surface area contributed by atoms with Crippen LogP contribution in [0, 0.1) is 0 Å². The van der Waals surface area contributed by atoms with E-state index in [1.54, 1.807) is 6.33 Å². The van der Waals surface area contributed by atoms with E-state index in [1.807, 2.05) is 30.6 Å². The zero-order chi connectivity index (χ0) is 19.6. The fourth-order valence-corrected chi connectivity index (χ4v) is 4.74. The predicted octanol–water partition coefficient (Wildman–Crippen LogP) is 4.76. The number of rotatable bonds is 5. The third-order valence-electron chi connectivity index (χ3n) is 6.60. The van der Waals surface area contributed by atoms with Crippen molar-refractivity contribution in [3.8, 4) is 11.4 Å². The third-order valence-corrected chi connectivity index (χ3v) is 6.60. The van der Waals surface area contributed by atoms with Gasteiger partial charge in [-0.1, -0.05) is 31.4 Å². The van der Waals surface area contributed by atoms with Gasteiger partial charge < -0.3 is 9.47 Å². The monoisotopic (exact) mass is 388 g/mol. The minimum absolute atomic E-state index is 0.231. The van der Waals surface area contributed by atoms with Gasteiger partial charge in [-0.2, -0.15) is 0 Å². The Morgan fingerprint density at radius 3 is 2.28 bits per heavy atom. The molecule has 0 aromatic heterocycles. The van der Waals surface area contributed by atoms with E-state index in [9.17, 15) is 4.79 Å². The SMILES string of the molecule is O=C(c1ccc(Cn2ccc3ncnc-3c2)cc1)N(C1CCCCC1)C1CCC1. The van der Waals surface area contributed by atoms with Crippen LogP contribution in [0.2, 0.25) is 0 Å².